The van der Waals surface area contributed by atoms with Crippen LogP contribution in [0, 0.1) is 17.2 Å². The first kappa shape index (κ1) is 31.5. The molecule has 4 heterocycles. The highest BCUT2D eigenvalue weighted by molar-refractivity contribution is 5.77. The molecule has 3 saturated heterocycles. The molecule has 3 aliphatic heterocycles. The Kier molecular flexibility index (Phi) is 9.20. The lowest BCUT2D eigenvalue weighted by Crippen LogP contribution is -2.56. The number of hydrogen-bond acceptors (Lipinski definition) is 11. The summed E-state index contributed by atoms with van der Waals surface area (Å²) in [7, 11) is 0. The highest BCUT2D eigenvalue weighted by Crippen LogP contribution is 2.37. The molecule has 0 spiro atoms. The van der Waals surface area contributed by atoms with Crippen LogP contribution in [0.5, 0.6) is 5.75 Å². The van der Waals surface area contributed by atoms with Crippen molar-refractivity contribution in [3.63, 3.8) is 0 Å². The number of carbonyl (C=O) groups is 1. The van der Waals surface area contributed by atoms with Gasteiger partial charge in [-0.15, -0.1) is 0 Å². The molecule has 0 bridgehead atoms. The molecule has 6 rings (SSSR count). The van der Waals surface area contributed by atoms with E-state index in [0.29, 0.717) is 11.6 Å². The van der Waals surface area contributed by atoms with Crippen LogP contribution in [0.2, 0.25) is 0 Å². The second kappa shape index (κ2) is 13.5. The lowest BCUT2D eigenvalue weighted by Gasteiger charge is -2.43. The lowest BCUT2D eigenvalue weighted by molar-refractivity contribution is -0.210. The average molecular weight is 639 g/mol. The first-order chi connectivity index (χ1) is 22.2. The van der Waals surface area contributed by atoms with Gasteiger partial charge in [-0.25, -0.2) is 9.97 Å². The molecule has 0 radical (unpaired) electrons. The van der Waals surface area contributed by atoms with E-state index in [1.54, 1.807) is 6.07 Å². The zero-order chi connectivity index (χ0) is 32.3. The Morgan fingerprint density at radius 3 is 2.50 bits per heavy atom. The van der Waals surface area contributed by atoms with E-state index in [-0.39, 0.29) is 36.1 Å². The number of nitrogens with one attached hydrogen (secondary N) is 1. The fourth-order valence-electron chi connectivity index (χ4n) is 5.89. The molecule has 0 aliphatic carbocycles. The van der Waals surface area contributed by atoms with Crippen LogP contribution in [0.4, 0.5) is 30.5 Å². The van der Waals surface area contributed by atoms with Gasteiger partial charge < -0.3 is 29.7 Å². The van der Waals surface area contributed by atoms with Crippen LogP contribution < -0.4 is 15.0 Å². The van der Waals surface area contributed by atoms with Crippen molar-refractivity contribution in [2.45, 2.75) is 24.7 Å². The number of halogens is 3. The van der Waals surface area contributed by atoms with Gasteiger partial charge in [-0.05, 0) is 42.5 Å². The van der Waals surface area contributed by atoms with E-state index in [1.165, 1.54) is 18.5 Å². The largest absolute Gasteiger partial charge is 0.488 e. The van der Waals surface area contributed by atoms with Crippen LogP contribution in [0.3, 0.4) is 0 Å². The minimum Gasteiger partial charge on any atom is -0.488 e. The van der Waals surface area contributed by atoms with Crippen molar-refractivity contribution < 1.29 is 32.5 Å². The first-order valence-electron chi connectivity index (χ1n) is 15.0. The van der Waals surface area contributed by atoms with Crippen molar-refractivity contribution in [3.05, 3.63) is 54.4 Å². The Balaban J connectivity index is 1.11. The number of aliphatic hydroxyl groups excluding tert-OH is 1. The van der Waals surface area contributed by atoms with Crippen LogP contribution in [-0.4, -0.2) is 113 Å². The number of amides is 1. The maximum atomic E-state index is 13.9. The molecular formula is C31H33F3N8O4. The number of carbonyl (C=O) groups excluding carboxylic acids is 1. The third-order valence-corrected chi connectivity index (χ3v) is 8.61. The number of ether oxygens (including phenoxy) is 2. The summed E-state index contributed by atoms with van der Waals surface area (Å²) < 4.78 is 52.7. The fourth-order valence-corrected chi connectivity index (χ4v) is 5.89. The van der Waals surface area contributed by atoms with Crippen molar-refractivity contribution >= 4 is 23.2 Å². The Labute approximate surface area is 263 Å². The number of nitriles is 1. The molecule has 46 heavy (non-hydrogen) atoms. The summed E-state index contributed by atoms with van der Waals surface area (Å²) in [6.07, 6.45) is -4.75. The predicted octanol–water partition coefficient (Wildman–Crippen LogP) is 2.83. The van der Waals surface area contributed by atoms with E-state index >= 15 is 0 Å². The maximum Gasteiger partial charge on any atom is 0.397 e. The van der Waals surface area contributed by atoms with Crippen molar-refractivity contribution in [1.82, 2.24) is 24.8 Å². The third kappa shape index (κ3) is 6.99. The zero-order valence-electron chi connectivity index (χ0n) is 24.9. The fraction of sp³-hybridized carbons (Fsp3) is 0.452. The zero-order valence-corrected chi connectivity index (χ0v) is 24.9. The summed E-state index contributed by atoms with van der Waals surface area (Å²) in [5, 5.41) is 22.0. The maximum absolute atomic E-state index is 13.9. The van der Waals surface area contributed by atoms with Gasteiger partial charge in [0.1, 0.15) is 36.8 Å². The number of hydrogen-bond donors (Lipinski definition) is 2. The number of benzene rings is 2. The number of piperidine rings is 1. The number of alkyl halides is 3. The van der Waals surface area contributed by atoms with Gasteiger partial charge in [-0.3, -0.25) is 9.69 Å². The van der Waals surface area contributed by atoms with Crippen LogP contribution in [0.25, 0.3) is 11.4 Å². The van der Waals surface area contributed by atoms with Gasteiger partial charge in [0.2, 0.25) is 11.9 Å². The van der Waals surface area contributed by atoms with Crippen molar-refractivity contribution in [2.24, 2.45) is 5.92 Å². The van der Waals surface area contributed by atoms with E-state index in [1.807, 2.05) is 30.3 Å². The molecular weight excluding hydrogens is 605 g/mol. The Morgan fingerprint density at radius 1 is 1.09 bits per heavy atom. The topological polar surface area (TPSA) is 140 Å². The summed E-state index contributed by atoms with van der Waals surface area (Å²) in [5.41, 5.74) is 2.37. The summed E-state index contributed by atoms with van der Waals surface area (Å²) >= 11 is 0. The van der Waals surface area contributed by atoms with Crippen LogP contribution in [0.1, 0.15) is 12.0 Å². The predicted molar refractivity (Wildman–Crippen MR) is 160 cm³/mol. The molecule has 242 valence electrons. The van der Waals surface area contributed by atoms with E-state index in [9.17, 15) is 23.2 Å². The molecule has 0 saturated carbocycles. The number of nitrogens with zero attached hydrogens (tertiary/aromatic N) is 7. The minimum atomic E-state index is -4.65. The third-order valence-electron chi connectivity index (χ3n) is 8.61. The van der Waals surface area contributed by atoms with Gasteiger partial charge in [0.15, 0.2) is 5.82 Å². The summed E-state index contributed by atoms with van der Waals surface area (Å²) in [6, 6.07) is 14.9. The highest BCUT2D eigenvalue weighted by Gasteiger charge is 2.49. The number of aromatic nitrogens is 3. The number of anilines is 3. The van der Waals surface area contributed by atoms with Crippen molar-refractivity contribution in [3.8, 4) is 23.2 Å². The molecule has 1 aromatic heterocycles. The molecule has 2 N–H and O–H groups in total. The van der Waals surface area contributed by atoms with E-state index in [4.69, 9.17) is 14.6 Å². The van der Waals surface area contributed by atoms with Crippen LogP contribution >= 0.6 is 0 Å². The molecule has 15 heteroatoms. The average Bonchev–Trinajstić information content (AvgIpc) is 3.04. The number of piperazine rings is 1. The molecule has 1 amide bonds. The molecule has 3 fully saturated rings. The van der Waals surface area contributed by atoms with Crippen LogP contribution in [-0.2, 0) is 9.53 Å². The van der Waals surface area contributed by atoms with Gasteiger partial charge >= 0.3 is 6.18 Å². The van der Waals surface area contributed by atoms with Gasteiger partial charge in [0.25, 0.3) is 0 Å². The number of rotatable bonds is 8. The molecule has 3 aromatic rings. The van der Waals surface area contributed by atoms with E-state index in [2.05, 4.69) is 30.1 Å². The molecule has 1 unspecified atom stereocenters. The lowest BCUT2D eigenvalue weighted by atomic mass is 9.93. The molecule has 3 aliphatic rings. The minimum absolute atomic E-state index is 0.00641. The van der Waals surface area contributed by atoms with Gasteiger partial charge in [0, 0.05) is 62.6 Å². The Morgan fingerprint density at radius 2 is 1.85 bits per heavy atom. The van der Waals surface area contributed by atoms with Gasteiger partial charge in [0.05, 0.1) is 24.8 Å². The monoisotopic (exact) mass is 638 g/mol. The number of aliphatic hydroxyl groups is 1. The Bertz CT molecular complexity index is 1570. The quantitative estimate of drug-likeness (QED) is 0.377. The number of likely N-dealkylation sites (tertiary alicyclic amines) is 1. The van der Waals surface area contributed by atoms with E-state index in [0.717, 1.165) is 55.7 Å². The summed E-state index contributed by atoms with van der Waals surface area (Å²) in [4.78, 5) is 30.5. The van der Waals surface area contributed by atoms with Crippen molar-refractivity contribution in [1.29, 1.82) is 5.26 Å². The smallest absolute Gasteiger partial charge is 0.397 e. The summed E-state index contributed by atoms with van der Waals surface area (Å²) in [6.45, 7) is 4.03. The van der Waals surface area contributed by atoms with Crippen LogP contribution in [0.15, 0.2) is 48.8 Å². The van der Waals surface area contributed by atoms with Gasteiger partial charge in [-0.2, -0.15) is 23.4 Å². The summed E-state index contributed by atoms with van der Waals surface area (Å²) in [5.74, 6) is -2.23. The second-order valence-electron chi connectivity index (χ2n) is 11.4. The molecule has 2 aromatic carbocycles. The second-order valence-corrected chi connectivity index (χ2v) is 11.4. The van der Waals surface area contributed by atoms with E-state index < -0.39 is 37.3 Å². The Hall–Kier alpha value is -4.52. The first-order valence-corrected chi connectivity index (χ1v) is 15.0. The molecule has 2 atom stereocenters. The van der Waals surface area contributed by atoms with Gasteiger partial charge in [-0.1, -0.05) is 0 Å². The molecule has 12 nitrogen and oxygen atoms in total. The van der Waals surface area contributed by atoms with Crippen molar-refractivity contribution in [2.75, 3.05) is 69.3 Å². The SMILES string of the molecule is N#Cc1cc(-c2ncnc(Nc3ccc(N4CCN(C5COC5)CC4)cc3)n2)ccc1OC1CCN(C(=O)CO)C[C@@H]1C(F)(F)F. The highest BCUT2D eigenvalue weighted by atomic mass is 19.4. The normalized spacial score (nSPS) is 20.9. The standard InChI is InChI=1S/C31H33F3N8O4/c32-31(33,34)25-15-42(28(44)16-43)8-7-27(25)46-26-6-1-20(13-21(26)14-35)29-36-19-37-30(39-29)38-22-2-4-23(5-3-22)40-9-11-41(12-10-40)24-17-45-18-24/h1-6,13,19,24-25,27,43H,7-12,15-18H2,(H,36,37,38,39)/t25-,27?/m0/s1.